The number of hydrogen-bond acceptors (Lipinski definition) is 5. The Balaban J connectivity index is 1.63. The molecule has 0 aliphatic heterocycles. The summed E-state index contributed by atoms with van der Waals surface area (Å²) >= 11 is 0. The predicted octanol–water partition coefficient (Wildman–Crippen LogP) is 7.01. The molecule has 1 heterocycles. The van der Waals surface area contributed by atoms with Crippen molar-refractivity contribution in [3.63, 3.8) is 0 Å². The molecule has 7 heteroatoms. The van der Waals surface area contributed by atoms with Gasteiger partial charge in [-0.05, 0) is 67.9 Å². The van der Waals surface area contributed by atoms with Crippen molar-refractivity contribution in [2.75, 3.05) is 12.4 Å². The van der Waals surface area contributed by atoms with Crippen LogP contribution >= 0.6 is 0 Å². The van der Waals surface area contributed by atoms with Crippen molar-refractivity contribution in [3.05, 3.63) is 114 Å². The van der Waals surface area contributed by atoms with E-state index in [9.17, 15) is 9.59 Å². The lowest BCUT2D eigenvalue weighted by Gasteiger charge is -2.11. The van der Waals surface area contributed by atoms with E-state index in [4.69, 9.17) is 14.6 Å². The predicted molar refractivity (Wildman–Crippen MR) is 156 cm³/mol. The number of nitrogens with one attached hydrogen (secondary N) is 1. The van der Waals surface area contributed by atoms with E-state index in [1.165, 1.54) is 6.92 Å². The first-order valence-electron chi connectivity index (χ1n) is 12.8. The number of anilines is 1. The van der Waals surface area contributed by atoms with E-state index < -0.39 is 5.97 Å². The zero-order valence-corrected chi connectivity index (χ0v) is 22.8. The molecule has 0 saturated carbocycles. The molecular weight excluding hydrogens is 502 g/mol. The number of aryl methyl sites for hydroxylation is 2. The summed E-state index contributed by atoms with van der Waals surface area (Å²) in [4.78, 5) is 25.1. The van der Waals surface area contributed by atoms with Crippen LogP contribution in [-0.2, 0) is 4.79 Å². The van der Waals surface area contributed by atoms with Crippen molar-refractivity contribution < 1.29 is 19.1 Å². The molecule has 0 saturated heterocycles. The second kappa shape index (κ2) is 11.3. The van der Waals surface area contributed by atoms with Crippen LogP contribution in [0, 0.1) is 13.8 Å². The van der Waals surface area contributed by atoms with Crippen LogP contribution in [-0.4, -0.2) is 28.8 Å². The maximum atomic E-state index is 12.8. The van der Waals surface area contributed by atoms with Crippen LogP contribution in [0.15, 0.2) is 97.1 Å². The maximum Gasteiger partial charge on any atom is 0.309 e. The normalized spacial score (nSPS) is 10.7. The monoisotopic (exact) mass is 531 g/mol. The van der Waals surface area contributed by atoms with Crippen LogP contribution in [0.4, 0.5) is 5.69 Å². The number of rotatable bonds is 7. The van der Waals surface area contributed by atoms with Crippen LogP contribution < -0.4 is 14.8 Å². The fraction of sp³-hybridized carbons (Fsp3) is 0.121. The third-order valence-electron chi connectivity index (χ3n) is 6.47. The SMILES string of the molecule is COc1ccccc1-c1nn(-c2ccc(C)cc2)c(OC(C)=O)c1-c1ccc(NC(=O)c2ccc(C)cc2)cc1. The van der Waals surface area contributed by atoms with E-state index in [0.29, 0.717) is 28.3 Å². The number of carbonyl (C=O) groups excluding carboxylic acids is 2. The Morgan fingerprint density at radius 2 is 1.43 bits per heavy atom. The Labute approximate surface area is 233 Å². The fourth-order valence-corrected chi connectivity index (χ4v) is 4.41. The Kier molecular flexibility index (Phi) is 7.46. The first-order valence-corrected chi connectivity index (χ1v) is 12.8. The van der Waals surface area contributed by atoms with E-state index >= 15 is 0 Å². The van der Waals surface area contributed by atoms with E-state index in [1.807, 2.05) is 98.8 Å². The van der Waals surface area contributed by atoms with Gasteiger partial charge in [-0.2, -0.15) is 9.78 Å². The summed E-state index contributed by atoms with van der Waals surface area (Å²) in [6, 6.07) is 30.1. The minimum atomic E-state index is -0.469. The molecular formula is C33H29N3O4. The molecule has 40 heavy (non-hydrogen) atoms. The quantitative estimate of drug-likeness (QED) is 0.229. The molecule has 0 spiro atoms. The van der Waals surface area contributed by atoms with Crippen LogP contribution in [0.3, 0.4) is 0 Å². The summed E-state index contributed by atoms with van der Waals surface area (Å²) in [6.07, 6.45) is 0. The number of ether oxygens (including phenoxy) is 2. The number of para-hydroxylation sites is 1. The number of carbonyl (C=O) groups is 2. The van der Waals surface area contributed by atoms with Gasteiger partial charge in [0.25, 0.3) is 5.91 Å². The van der Waals surface area contributed by atoms with Gasteiger partial charge in [-0.1, -0.05) is 59.7 Å². The zero-order valence-electron chi connectivity index (χ0n) is 22.8. The van der Waals surface area contributed by atoms with Gasteiger partial charge in [-0.25, -0.2) is 0 Å². The van der Waals surface area contributed by atoms with Crippen LogP contribution in [0.2, 0.25) is 0 Å². The van der Waals surface area contributed by atoms with Crippen LogP contribution in [0.1, 0.15) is 28.4 Å². The fourth-order valence-electron chi connectivity index (χ4n) is 4.41. The molecule has 0 unspecified atom stereocenters. The molecule has 1 N–H and O–H groups in total. The summed E-state index contributed by atoms with van der Waals surface area (Å²) in [6.45, 7) is 5.35. The van der Waals surface area contributed by atoms with E-state index in [2.05, 4.69) is 5.32 Å². The van der Waals surface area contributed by atoms with Crippen molar-refractivity contribution in [2.24, 2.45) is 0 Å². The number of esters is 1. The third kappa shape index (κ3) is 5.49. The molecule has 1 amide bonds. The van der Waals surface area contributed by atoms with Crippen molar-refractivity contribution in [1.29, 1.82) is 0 Å². The van der Waals surface area contributed by atoms with Gasteiger partial charge in [-0.15, -0.1) is 0 Å². The molecule has 7 nitrogen and oxygen atoms in total. The summed E-state index contributed by atoms with van der Waals surface area (Å²) in [5, 5.41) is 7.86. The molecule has 0 radical (unpaired) electrons. The number of amides is 1. The van der Waals surface area contributed by atoms with E-state index in [1.54, 1.807) is 23.9 Å². The molecule has 200 valence electrons. The van der Waals surface area contributed by atoms with E-state index in [-0.39, 0.29) is 11.8 Å². The largest absolute Gasteiger partial charge is 0.496 e. The van der Waals surface area contributed by atoms with Gasteiger partial charge in [-0.3, -0.25) is 9.59 Å². The summed E-state index contributed by atoms with van der Waals surface area (Å²) in [5.41, 5.74) is 6.84. The van der Waals surface area contributed by atoms with Crippen molar-refractivity contribution in [1.82, 2.24) is 9.78 Å². The summed E-state index contributed by atoms with van der Waals surface area (Å²) < 4.78 is 13.1. The topological polar surface area (TPSA) is 82.4 Å². The third-order valence-corrected chi connectivity index (χ3v) is 6.47. The molecule has 0 aliphatic carbocycles. The highest BCUT2D eigenvalue weighted by molar-refractivity contribution is 6.04. The highest BCUT2D eigenvalue weighted by Gasteiger charge is 2.26. The van der Waals surface area contributed by atoms with Crippen molar-refractivity contribution in [3.8, 4) is 39.7 Å². The van der Waals surface area contributed by atoms with Crippen molar-refractivity contribution in [2.45, 2.75) is 20.8 Å². The maximum absolute atomic E-state index is 12.8. The average Bonchev–Trinajstić information content (AvgIpc) is 3.32. The lowest BCUT2D eigenvalue weighted by Crippen LogP contribution is -2.11. The van der Waals surface area contributed by atoms with Gasteiger partial charge < -0.3 is 14.8 Å². The van der Waals surface area contributed by atoms with Crippen LogP contribution in [0.5, 0.6) is 11.6 Å². The van der Waals surface area contributed by atoms with Gasteiger partial charge in [0.1, 0.15) is 11.4 Å². The highest BCUT2D eigenvalue weighted by atomic mass is 16.5. The lowest BCUT2D eigenvalue weighted by molar-refractivity contribution is -0.132. The van der Waals surface area contributed by atoms with Crippen molar-refractivity contribution >= 4 is 17.6 Å². The van der Waals surface area contributed by atoms with Gasteiger partial charge in [0.05, 0.1) is 18.4 Å². The molecule has 0 bridgehead atoms. The molecule has 0 aliphatic rings. The molecule has 5 rings (SSSR count). The summed E-state index contributed by atoms with van der Waals surface area (Å²) in [7, 11) is 1.61. The second-order valence-electron chi connectivity index (χ2n) is 9.47. The molecule has 1 aromatic heterocycles. The standard InChI is InChI=1S/C33H29N3O4/c1-21-9-13-25(14-10-21)32(38)34-26-17-15-24(16-18-26)30-31(28-7-5-6-8-29(28)39-4)35-36(33(30)40-23(3)37)27-19-11-22(2)12-20-27/h5-20H,1-4H3,(H,34,38). The smallest absolute Gasteiger partial charge is 0.309 e. The van der Waals surface area contributed by atoms with Gasteiger partial charge in [0, 0.05) is 23.7 Å². The number of benzene rings is 4. The first-order chi connectivity index (χ1) is 19.3. The van der Waals surface area contributed by atoms with Gasteiger partial charge >= 0.3 is 5.97 Å². The number of nitrogens with zero attached hydrogens (tertiary/aromatic N) is 2. The molecule has 0 fully saturated rings. The molecule has 5 aromatic rings. The zero-order chi connectivity index (χ0) is 28.2. The Hall–Kier alpha value is -5.17. The minimum absolute atomic E-state index is 0.199. The Morgan fingerprint density at radius 1 is 0.800 bits per heavy atom. The Morgan fingerprint density at radius 3 is 2.05 bits per heavy atom. The average molecular weight is 532 g/mol. The minimum Gasteiger partial charge on any atom is -0.496 e. The van der Waals surface area contributed by atoms with E-state index in [0.717, 1.165) is 27.9 Å². The van der Waals surface area contributed by atoms with Gasteiger partial charge in [0.2, 0.25) is 5.88 Å². The lowest BCUT2D eigenvalue weighted by atomic mass is 10.00. The number of hydrogen-bond donors (Lipinski definition) is 1. The Bertz CT molecular complexity index is 1670. The number of aromatic nitrogens is 2. The van der Waals surface area contributed by atoms with Gasteiger partial charge in [0.15, 0.2) is 0 Å². The highest BCUT2D eigenvalue weighted by Crippen LogP contribution is 2.43. The summed E-state index contributed by atoms with van der Waals surface area (Å²) in [5.74, 6) is 0.251. The number of methoxy groups -OCH3 is 1. The molecule has 4 aromatic carbocycles. The second-order valence-corrected chi connectivity index (χ2v) is 9.47. The first kappa shape index (κ1) is 26.4. The van der Waals surface area contributed by atoms with Crippen LogP contribution in [0.25, 0.3) is 28.1 Å². The molecule has 0 atom stereocenters.